The third-order valence-corrected chi connectivity index (χ3v) is 1.43. The van der Waals surface area contributed by atoms with Gasteiger partial charge in [0.2, 0.25) is 0 Å². The normalized spacial score (nSPS) is 8.93. The van der Waals surface area contributed by atoms with Gasteiger partial charge < -0.3 is 9.84 Å². The van der Waals surface area contributed by atoms with Crippen molar-refractivity contribution in [2.45, 2.75) is 0 Å². The second-order valence-corrected chi connectivity index (χ2v) is 2.50. The van der Waals surface area contributed by atoms with E-state index in [2.05, 4.69) is 16.8 Å². The summed E-state index contributed by atoms with van der Waals surface area (Å²) in [6.45, 7) is 0.317. The Hall–Kier alpha value is -1.86. The van der Waals surface area contributed by atoms with Crippen LogP contribution in [0.1, 0.15) is 15.9 Å². The van der Waals surface area contributed by atoms with Crippen LogP contribution in [0.5, 0.6) is 0 Å². The van der Waals surface area contributed by atoms with Gasteiger partial charge in [0.05, 0.1) is 5.56 Å². The number of hydrogen-bond donors (Lipinski definition) is 1. The molecule has 1 N–H and O–H groups in total. The first kappa shape index (κ1) is 10.2. The molecule has 1 rings (SSSR count). The van der Waals surface area contributed by atoms with E-state index in [9.17, 15) is 4.79 Å². The number of carbonyl (C=O) groups is 1. The van der Waals surface area contributed by atoms with Crippen molar-refractivity contribution in [1.29, 1.82) is 0 Å². The lowest BCUT2D eigenvalue weighted by Gasteiger charge is -1.93. The van der Waals surface area contributed by atoms with E-state index in [0.29, 0.717) is 12.2 Å². The number of hydrogen-bond acceptors (Lipinski definition) is 3. The zero-order chi connectivity index (χ0) is 10.4. The van der Waals surface area contributed by atoms with Crippen molar-refractivity contribution in [3.05, 3.63) is 29.6 Å². The van der Waals surface area contributed by atoms with Crippen LogP contribution in [0.3, 0.4) is 0 Å². The van der Waals surface area contributed by atoms with Crippen LogP contribution in [-0.2, 0) is 4.74 Å². The maximum atomic E-state index is 10.6. The Balaban J connectivity index is 2.85. The fraction of sp³-hybridized carbons (Fsp3) is 0.200. The van der Waals surface area contributed by atoms with E-state index in [4.69, 9.17) is 9.84 Å². The molecule has 0 aromatic carbocycles. The summed E-state index contributed by atoms with van der Waals surface area (Å²) in [5, 5.41) is 8.67. The van der Waals surface area contributed by atoms with Crippen LogP contribution in [0, 0.1) is 11.8 Å². The van der Waals surface area contributed by atoms with E-state index in [1.54, 1.807) is 7.11 Å². The van der Waals surface area contributed by atoms with Gasteiger partial charge in [-0.25, -0.2) is 4.79 Å². The van der Waals surface area contributed by atoms with Gasteiger partial charge in [-0.1, -0.05) is 11.8 Å². The average Bonchev–Trinajstić information content (AvgIpc) is 2.19. The fourth-order valence-electron chi connectivity index (χ4n) is 0.836. The molecule has 0 aliphatic carbocycles. The molecule has 1 aromatic heterocycles. The van der Waals surface area contributed by atoms with E-state index >= 15 is 0 Å². The lowest BCUT2D eigenvalue weighted by Crippen LogP contribution is -1.97. The van der Waals surface area contributed by atoms with E-state index in [-0.39, 0.29) is 5.56 Å². The molecule has 4 nitrogen and oxygen atoms in total. The Bertz CT molecular complexity index is 390. The average molecular weight is 191 g/mol. The smallest absolute Gasteiger partial charge is 0.337 e. The fourth-order valence-corrected chi connectivity index (χ4v) is 0.836. The number of rotatable bonds is 2. The molecule has 0 amide bonds. The van der Waals surface area contributed by atoms with Crippen molar-refractivity contribution in [3.63, 3.8) is 0 Å². The second kappa shape index (κ2) is 5.00. The summed E-state index contributed by atoms with van der Waals surface area (Å²) >= 11 is 0. The molecule has 72 valence electrons. The monoisotopic (exact) mass is 191 g/mol. The summed E-state index contributed by atoms with van der Waals surface area (Å²) in [5.74, 6) is 4.45. The molecular formula is C10H9NO3. The molecule has 0 radical (unpaired) electrons. The van der Waals surface area contributed by atoms with Crippen molar-refractivity contribution in [2.75, 3.05) is 13.7 Å². The third kappa shape index (κ3) is 2.88. The van der Waals surface area contributed by atoms with Gasteiger partial charge >= 0.3 is 5.97 Å². The molecule has 1 aromatic rings. The first-order valence-electron chi connectivity index (χ1n) is 3.90. The van der Waals surface area contributed by atoms with Crippen LogP contribution in [0.4, 0.5) is 0 Å². The van der Waals surface area contributed by atoms with Crippen LogP contribution in [0.25, 0.3) is 0 Å². The Morgan fingerprint density at radius 1 is 1.64 bits per heavy atom. The van der Waals surface area contributed by atoms with E-state index in [0.717, 1.165) is 0 Å². The topological polar surface area (TPSA) is 59.4 Å². The number of nitrogens with zero attached hydrogens (tertiary/aromatic N) is 1. The number of carboxylic acids is 1. The standard InChI is InChI=1S/C10H9NO3/c1-14-4-2-3-8-5-9(10(12)13)7-11-6-8/h5-7H,4H2,1H3,(H,12,13). The molecule has 0 bridgehead atoms. The van der Waals surface area contributed by atoms with Crippen molar-refractivity contribution < 1.29 is 14.6 Å². The quantitative estimate of drug-likeness (QED) is 0.702. The molecule has 14 heavy (non-hydrogen) atoms. The van der Waals surface area contributed by atoms with Crippen molar-refractivity contribution in [1.82, 2.24) is 4.98 Å². The molecule has 0 saturated carbocycles. The van der Waals surface area contributed by atoms with Crippen LogP contribution in [0.15, 0.2) is 18.5 Å². The maximum Gasteiger partial charge on any atom is 0.337 e. The molecule has 0 aliphatic rings. The predicted molar refractivity (Wildman–Crippen MR) is 50.0 cm³/mol. The van der Waals surface area contributed by atoms with Crippen LogP contribution in [0.2, 0.25) is 0 Å². The lowest BCUT2D eigenvalue weighted by atomic mass is 10.2. The number of ether oxygens (including phenoxy) is 1. The Labute approximate surface area is 81.5 Å². The second-order valence-electron chi connectivity index (χ2n) is 2.50. The minimum atomic E-state index is -1.01. The van der Waals surface area contributed by atoms with Gasteiger partial charge in [0.25, 0.3) is 0 Å². The van der Waals surface area contributed by atoms with Gasteiger partial charge in [-0.3, -0.25) is 4.98 Å². The molecule has 1 heterocycles. The summed E-state index contributed by atoms with van der Waals surface area (Å²) in [6.07, 6.45) is 2.79. The molecule has 0 spiro atoms. The number of carboxylic acid groups (broad SMARTS) is 1. The summed E-state index contributed by atoms with van der Waals surface area (Å²) in [6, 6.07) is 1.47. The van der Waals surface area contributed by atoms with Gasteiger partial charge in [-0.2, -0.15) is 0 Å². The van der Waals surface area contributed by atoms with E-state index < -0.39 is 5.97 Å². The Kier molecular flexibility index (Phi) is 3.65. The highest BCUT2D eigenvalue weighted by Gasteiger charge is 2.01. The van der Waals surface area contributed by atoms with Crippen molar-refractivity contribution in [2.24, 2.45) is 0 Å². The maximum absolute atomic E-state index is 10.6. The molecular weight excluding hydrogens is 182 g/mol. The van der Waals surface area contributed by atoms with Gasteiger partial charge in [0.15, 0.2) is 0 Å². The van der Waals surface area contributed by atoms with Crippen LogP contribution in [-0.4, -0.2) is 29.8 Å². The molecule has 4 heteroatoms. The third-order valence-electron chi connectivity index (χ3n) is 1.43. The summed E-state index contributed by atoms with van der Waals surface area (Å²) < 4.78 is 4.73. The van der Waals surface area contributed by atoms with Crippen molar-refractivity contribution >= 4 is 5.97 Å². The molecule has 0 atom stereocenters. The molecule has 0 fully saturated rings. The van der Waals surface area contributed by atoms with E-state index in [1.165, 1.54) is 18.5 Å². The number of pyridine rings is 1. The van der Waals surface area contributed by atoms with Gasteiger partial charge in [0, 0.05) is 25.1 Å². The number of aromatic nitrogens is 1. The largest absolute Gasteiger partial charge is 0.478 e. The summed E-state index contributed by atoms with van der Waals surface area (Å²) in [7, 11) is 1.54. The molecule has 0 saturated heterocycles. The number of methoxy groups -OCH3 is 1. The zero-order valence-electron chi connectivity index (χ0n) is 7.65. The van der Waals surface area contributed by atoms with Gasteiger partial charge in [-0.15, -0.1) is 0 Å². The van der Waals surface area contributed by atoms with Gasteiger partial charge in [0.1, 0.15) is 6.61 Å². The Morgan fingerprint density at radius 2 is 2.43 bits per heavy atom. The summed E-state index contributed by atoms with van der Waals surface area (Å²) in [5.41, 5.74) is 0.705. The van der Waals surface area contributed by atoms with Gasteiger partial charge in [-0.05, 0) is 6.07 Å². The van der Waals surface area contributed by atoms with Crippen molar-refractivity contribution in [3.8, 4) is 11.8 Å². The summed E-state index contributed by atoms with van der Waals surface area (Å²) in [4.78, 5) is 14.3. The highest BCUT2D eigenvalue weighted by atomic mass is 16.5. The SMILES string of the molecule is COCC#Cc1cncc(C(=O)O)c1. The van der Waals surface area contributed by atoms with Crippen LogP contribution < -0.4 is 0 Å². The number of aromatic carboxylic acids is 1. The predicted octanol–water partition coefficient (Wildman–Crippen LogP) is 0.778. The Morgan fingerprint density at radius 3 is 3.07 bits per heavy atom. The molecule has 0 aliphatic heterocycles. The minimum Gasteiger partial charge on any atom is -0.478 e. The lowest BCUT2D eigenvalue weighted by molar-refractivity contribution is 0.0696. The highest BCUT2D eigenvalue weighted by Crippen LogP contribution is 2.00. The first-order chi connectivity index (χ1) is 6.74. The van der Waals surface area contributed by atoms with E-state index in [1.807, 2.05) is 0 Å². The zero-order valence-corrected chi connectivity index (χ0v) is 7.65. The molecule has 0 unspecified atom stereocenters. The highest BCUT2D eigenvalue weighted by molar-refractivity contribution is 5.87. The van der Waals surface area contributed by atoms with Crippen LogP contribution >= 0.6 is 0 Å². The minimum absolute atomic E-state index is 0.134. The first-order valence-corrected chi connectivity index (χ1v) is 3.90.